The van der Waals surface area contributed by atoms with Gasteiger partial charge in [0, 0.05) is 5.39 Å². The zero-order valence-electron chi connectivity index (χ0n) is 11.9. The van der Waals surface area contributed by atoms with Gasteiger partial charge in [0.1, 0.15) is 9.71 Å². The maximum Gasteiger partial charge on any atom is 0.345 e. The second kappa shape index (κ2) is 5.33. The molecule has 0 aliphatic carbocycles. The summed E-state index contributed by atoms with van der Waals surface area (Å²) < 4.78 is 1.85. The summed E-state index contributed by atoms with van der Waals surface area (Å²) in [5, 5.41) is 14.9. The number of aromatic carboxylic acids is 1. The van der Waals surface area contributed by atoms with Crippen molar-refractivity contribution in [2.45, 2.75) is 20.3 Å². The van der Waals surface area contributed by atoms with Gasteiger partial charge >= 0.3 is 5.97 Å². The summed E-state index contributed by atoms with van der Waals surface area (Å²) in [4.78, 5) is 12.5. The van der Waals surface area contributed by atoms with Gasteiger partial charge in [-0.1, -0.05) is 32.0 Å². The van der Waals surface area contributed by atoms with Gasteiger partial charge in [-0.05, 0) is 30.5 Å². The summed E-state index contributed by atoms with van der Waals surface area (Å²) in [6, 6.07) is 11.6. The molecular formula is C16H16N2O2S. The van der Waals surface area contributed by atoms with Crippen LogP contribution in [0.3, 0.4) is 0 Å². The van der Waals surface area contributed by atoms with Crippen LogP contribution in [0.2, 0.25) is 0 Å². The van der Waals surface area contributed by atoms with Gasteiger partial charge in [-0.3, -0.25) is 0 Å². The lowest BCUT2D eigenvalue weighted by molar-refractivity contribution is 0.0702. The van der Waals surface area contributed by atoms with Crippen molar-refractivity contribution >= 4 is 27.5 Å². The number of benzene rings is 1. The molecule has 0 aliphatic rings. The van der Waals surface area contributed by atoms with E-state index in [1.807, 2.05) is 35.0 Å². The summed E-state index contributed by atoms with van der Waals surface area (Å²) >= 11 is 1.28. The van der Waals surface area contributed by atoms with E-state index in [2.05, 4.69) is 13.8 Å². The van der Waals surface area contributed by atoms with Gasteiger partial charge in [0.15, 0.2) is 0 Å². The molecule has 3 aromatic rings. The van der Waals surface area contributed by atoms with E-state index in [1.54, 1.807) is 6.07 Å². The van der Waals surface area contributed by atoms with E-state index < -0.39 is 5.97 Å². The summed E-state index contributed by atoms with van der Waals surface area (Å²) in [6.45, 7) is 4.27. The molecule has 1 N–H and O–H groups in total. The second-order valence-corrected chi connectivity index (χ2v) is 6.46. The van der Waals surface area contributed by atoms with Crippen LogP contribution in [-0.4, -0.2) is 20.9 Å². The number of carboxylic acid groups (broad SMARTS) is 1. The Morgan fingerprint density at radius 2 is 2.05 bits per heavy atom. The minimum absolute atomic E-state index is 0.358. The van der Waals surface area contributed by atoms with E-state index in [4.69, 9.17) is 5.10 Å². The molecule has 0 bridgehead atoms. The molecular weight excluding hydrogens is 284 g/mol. The highest BCUT2D eigenvalue weighted by atomic mass is 32.1. The molecule has 0 saturated heterocycles. The summed E-state index contributed by atoms with van der Waals surface area (Å²) in [6.07, 6.45) is 0.839. The predicted molar refractivity (Wildman–Crippen MR) is 84.4 cm³/mol. The van der Waals surface area contributed by atoms with E-state index in [-0.39, 0.29) is 0 Å². The van der Waals surface area contributed by atoms with Gasteiger partial charge in [-0.2, -0.15) is 5.10 Å². The number of hydrogen-bond acceptors (Lipinski definition) is 3. The number of carbonyl (C=O) groups is 1. The molecule has 4 nitrogen and oxygen atoms in total. The van der Waals surface area contributed by atoms with Crippen LogP contribution < -0.4 is 0 Å². The third-order valence-corrected chi connectivity index (χ3v) is 4.35. The van der Waals surface area contributed by atoms with Gasteiger partial charge in [0.05, 0.1) is 11.4 Å². The molecule has 0 spiro atoms. The van der Waals surface area contributed by atoms with Crippen LogP contribution in [0, 0.1) is 5.92 Å². The number of aromatic nitrogens is 2. The highest BCUT2D eigenvalue weighted by Gasteiger charge is 2.18. The maximum atomic E-state index is 11.2. The molecule has 0 radical (unpaired) electrons. The van der Waals surface area contributed by atoms with Crippen LogP contribution >= 0.6 is 11.3 Å². The van der Waals surface area contributed by atoms with Crippen molar-refractivity contribution in [3.8, 4) is 5.69 Å². The highest BCUT2D eigenvalue weighted by molar-refractivity contribution is 7.20. The first-order chi connectivity index (χ1) is 10.1. The molecule has 1 aromatic carbocycles. The minimum Gasteiger partial charge on any atom is -0.477 e. The Balaban J connectivity index is 2.21. The van der Waals surface area contributed by atoms with Gasteiger partial charge in [0.25, 0.3) is 0 Å². The van der Waals surface area contributed by atoms with E-state index in [1.165, 1.54) is 11.3 Å². The van der Waals surface area contributed by atoms with Crippen LogP contribution in [-0.2, 0) is 6.42 Å². The highest BCUT2D eigenvalue weighted by Crippen LogP contribution is 2.31. The molecule has 0 unspecified atom stereocenters. The fraction of sp³-hybridized carbons (Fsp3) is 0.250. The average Bonchev–Trinajstić information content (AvgIpc) is 3.00. The SMILES string of the molecule is CC(C)Cc1nn(-c2ccccc2)c2sc(C(=O)O)cc12. The Morgan fingerprint density at radius 1 is 1.33 bits per heavy atom. The van der Waals surface area contributed by atoms with E-state index in [0.29, 0.717) is 10.8 Å². The first kappa shape index (κ1) is 13.8. The topological polar surface area (TPSA) is 55.1 Å². The Hall–Kier alpha value is -2.14. The van der Waals surface area contributed by atoms with Crippen molar-refractivity contribution in [2.75, 3.05) is 0 Å². The molecule has 3 rings (SSSR count). The van der Waals surface area contributed by atoms with Crippen molar-refractivity contribution < 1.29 is 9.90 Å². The average molecular weight is 300 g/mol. The van der Waals surface area contributed by atoms with Crippen LogP contribution in [0.5, 0.6) is 0 Å². The Kier molecular flexibility index (Phi) is 3.51. The van der Waals surface area contributed by atoms with Gasteiger partial charge in [0.2, 0.25) is 0 Å². The van der Waals surface area contributed by atoms with E-state index in [9.17, 15) is 9.90 Å². The molecule has 0 amide bonds. The van der Waals surface area contributed by atoms with Crippen LogP contribution in [0.25, 0.3) is 15.9 Å². The third-order valence-electron chi connectivity index (χ3n) is 3.25. The minimum atomic E-state index is -0.883. The fourth-order valence-corrected chi connectivity index (χ4v) is 3.34. The molecule has 2 aromatic heterocycles. The quantitative estimate of drug-likeness (QED) is 0.792. The molecule has 0 atom stereocenters. The Labute approximate surface area is 126 Å². The third kappa shape index (κ3) is 2.56. The number of hydrogen-bond donors (Lipinski definition) is 1. The second-order valence-electron chi connectivity index (χ2n) is 5.43. The Bertz CT molecular complexity index is 787. The van der Waals surface area contributed by atoms with Crippen LogP contribution in [0.15, 0.2) is 36.4 Å². The molecule has 2 heterocycles. The van der Waals surface area contributed by atoms with Crippen molar-refractivity contribution in [2.24, 2.45) is 5.92 Å². The fourth-order valence-electron chi connectivity index (χ4n) is 2.35. The number of nitrogens with zero attached hydrogens (tertiary/aromatic N) is 2. The Morgan fingerprint density at radius 3 is 2.67 bits per heavy atom. The molecule has 0 aliphatic heterocycles. The van der Waals surface area contributed by atoms with Crippen molar-refractivity contribution in [3.63, 3.8) is 0 Å². The summed E-state index contributed by atoms with van der Waals surface area (Å²) in [5.41, 5.74) is 1.92. The van der Waals surface area contributed by atoms with Gasteiger partial charge in [-0.25, -0.2) is 9.48 Å². The lowest BCUT2D eigenvalue weighted by Crippen LogP contribution is -2.00. The summed E-state index contributed by atoms with van der Waals surface area (Å²) in [7, 11) is 0. The number of rotatable bonds is 4. The summed E-state index contributed by atoms with van der Waals surface area (Å²) in [5.74, 6) is -0.410. The maximum absolute atomic E-state index is 11.2. The smallest absolute Gasteiger partial charge is 0.345 e. The number of thiophene rings is 1. The molecule has 21 heavy (non-hydrogen) atoms. The standard InChI is InChI=1S/C16H16N2O2S/c1-10(2)8-13-12-9-14(16(19)20)21-15(12)18(17-13)11-6-4-3-5-7-11/h3-7,9-10H,8H2,1-2H3,(H,19,20). The van der Waals surface area contributed by atoms with E-state index >= 15 is 0 Å². The lowest BCUT2D eigenvalue weighted by atomic mass is 10.1. The molecule has 0 saturated carbocycles. The number of para-hydroxylation sites is 1. The zero-order valence-corrected chi connectivity index (χ0v) is 12.7. The largest absolute Gasteiger partial charge is 0.477 e. The monoisotopic (exact) mass is 300 g/mol. The molecule has 108 valence electrons. The van der Waals surface area contributed by atoms with Crippen molar-refractivity contribution in [1.29, 1.82) is 0 Å². The van der Waals surface area contributed by atoms with Crippen molar-refractivity contribution in [1.82, 2.24) is 9.78 Å². The molecule has 5 heteroatoms. The number of carboxylic acids is 1. The number of fused-ring (bicyclic) bond motifs is 1. The van der Waals surface area contributed by atoms with Crippen LogP contribution in [0.1, 0.15) is 29.2 Å². The normalized spacial score (nSPS) is 11.4. The van der Waals surface area contributed by atoms with Gasteiger partial charge < -0.3 is 5.11 Å². The van der Waals surface area contributed by atoms with Crippen molar-refractivity contribution in [3.05, 3.63) is 47.0 Å². The zero-order chi connectivity index (χ0) is 15.0. The first-order valence-electron chi connectivity index (χ1n) is 6.86. The molecule has 0 fully saturated rings. The first-order valence-corrected chi connectivity index (χ1v) is 7.68. The van der Waals surface area contributed by atoms with Gasteiger partial charge in [-0.15, -0.1) is 11.3 Å². The predicted octanol–water partition coefficient (Wildman–Crippen LogP) is 3.98. The van der Waals surface area contributed by atoms with E-state index in [0.717, 1.165) is 28.0 Å². The lowest BCUT2D eigenvalue weighted by Gasteiger charge is -2.02. The van der Waals surface area contributed by atoms with Crippen LogP contribution in [0.4, 0.5) is 0 Å².